The molecule has 1 aromatic carbocycles. The first-order valence-corrected chi connectivity index (χ1v) is 10.4. The summed E-state index contributed by atoms with van der Waals surface area (Å²) in [5.41, 5.74) is 2.35. The number of likely N-dealkylation sites (tertiary alicyclic amines) is 1. The number of amides is 1. The average molecular weight is 371 g/mol. The maximum absolute atomic E-state index is 12.3. The summed E-state index contributed by atoms with van der Waals surface area (Å²) < 4.78 is 0. The molecule has 148 valence electrons. The first-order chi connectivity index (χ1) is 13.0. The van der Waals surface area contributed by atoms with Gasteiger partial charge in [0.1, 0.15) is 0 Å². The lowest BCUT2D eigenvalue weighted by Gasteiger charge is -2.26. The lowest BCUT2D eigenvalue weighted by atomic mass is 9.86. The van der Waals surface area contributed by atoms with Crippen molar-refractivity contribution in [3.8, 4) is 0 Å². The average Bonchev–Trinajstić information content (AvgIpc) is 3.32. The van der Waals surface area contributed by atoms with E-state index in [1.807, 2.05) is 32.2 Å². The molecule has 1 aromatic rings. The first-order valence-electron chi connectivity index (χ1n) is 10.4. The Morgan fingerprint density at radius 1 is 1.30 bits per heavy atom. The fraction of sp³-hybridized carbons (Fsp3) is 0.636. The third-order valence-electron chi connectivity index (χ3n) is 6.24. The molecule has 1 amide bonds. The van der Waals surface area contributed by atoms with Gasteiger partial charge in [0.2, 0.25) is 0 Å². The van der Waals surface area contributed by atoms with Crippen LogP contribution in [0.4, 0.5) is 0 Å². The summed E-state index contributed by atoms with van der Waals surface area (Å²) in [6.07, 6.45) is 7.72. The summed E-state index contributed by atoms with van der Waals surface area (Å²) in [7, 11) is 1.86. The van der Waals surface area contributed by atoms with E-state index in [0.717, 1.165) is 36.6 Å². The largest absolute Gasteiger partial charge is 0.352 e. The summed E-state index contributed by atoms with van der Waals surface area (Å²) in [4.78, 5) is 19.3. The molecule has 2 N–H and O–H groups in total. The summed E-state index contributed by atoms with van der Waals surface area (Å²) in [5.74, 6) is 0.978. The number of carbonyl (C=O) groups excluding carboxylic acids is 1. The molecule has 0 aromatic heterocycles. The summed E-state index contributed by atoms with van der Waals surface area (Å²) in [6, 6.07) is 8.05. The van der Waals surface area contributed by atoms with Crippen LogP contribution in [-0.2, 0) is 6.54 Å². The molecule has 1 unspecified atom stereocenters. The van der Waals surface area contributed by atoms with Crippen LogP contribution in [-0.4, -0.2) is 42.9 Å². The van der Waals surface area contributed by atoms with Gasteiger partial charge in [-0.25, -0.2) is 0 Å². The highest BCUT2D eigenvalue weighted by Crippen LogP contribution is 2.45. The van der Waals surface area contributed by atoms with Crippen molar-refractivity contribution in [2.24, 2.45) is 10.4 Å². The van der Waals surface area contributed by atoms with Crippen LogP contribution < -0.4 is 10.6 Å². The van der Waals surface area contributed by atoms with Crippen LogP contribution in [0.3, 0.4) is 0 Å². The van der Waals surface area contributed by atoms with Crippen LogP contribution in [0.25, 0.3) is 0 Å². The molecule has 3 rings (SSSR count). The van der Waals surface area contributed by atoms with Gasteiger partial charge in [-0.3, -0.25) is 9.79 Å². The quantitative estimate of drug-likeness (QED) is 0.615. The predicted molar refractivity (Wildman–Crippen MR) is 111 cm³/mol. The van der Waals surface area contributed by atoms with Crippen LogP contribution in [0.1, 0.15) is 68.3 Å². The van der Waals surface area contributed by atoms with E-state index in [1.54, 1.807) is 0 Å². The Labute approximate surface area is 163 Å². The maximum Gasteiger partial charge on any atom is 0.251 e. The van der Waals surface area contributed by atoms with Crippen molar-refractivity contribution in [3.63, 3.8) is 0 Å². The van der Waals surface area contributed by atoms with Crippen LogP contribution >= 0.6 is 0 Å². The number of benzene rings is 1. The standard InChI is InChI=1S/C22H34N4O/c1-4-17(2)25-20(27)19-9-7-8-18(14-19)15-24-21(23-3)26-13-12-22(16-26)10-5-6-11-22/h7-9,14,17H,4-6,10-13,15-16H2,1-3H3,(H,23,24)(H,25,27). The van der Waals surface area contributed by atoms with Crippen molar-refractivity contribution in [2.45, 2.75) is 65.0 Å². The predicted octanol–water partition coefficient (Wildman–Crippen LogP) is 3.56. The van der Waals surface area contributed by atoms with Crippen molar-refractivity contribution < 1.29 is 4.79 Å². The van der Waals surface area contributed by atoms with E-state index in [2.05, 4.69) is 33.5 Å². The van der Waals surface area contributed by atoms with Gasteiger partial charge in [0.05, 0.1) is 0 Å². The molecule has 27 heavy (non-hydrogen) atoms. The van der Waals surface area contributed by atoms with E-state index in [0.29, 0.717) is 12.0 Å². The minimum atomic E-state index is -0.00157. The zero-order valence-electron chi connectivity index (χ0n) is 17.1. The summed E-state index contributed by atoms with van der Waals surface area (Å²) >= 11 is 0. The molecule has 1 atom stereocenters. The smallest absolute Gasteiger partial charge is 0.251 e. The number of hydrogen-bond donors (Lipinski definition) is 2. The number of rotatable bonds is 5. The van der Waals surface area contributed by atoms with Crippen LogP contribution in [0.15, 0.2) is 29.3 Å². The van der Waals surface area contributed by atoms with Gasteiger partial charge in [-0.15, -0.1) is 0 Å². The SMILES string of the molecule is CCC(C)NC(=O)c1cccc(CNC(=NC)N2CCC3(CCCC3)C2)c1. The minimum absolute atomic E-state index is 0.00157. The van der Waals surface area contributed by atoms with Crippen molar-refractivity contribution >= 4 is 11.9 Å². The molecule has 5 heteroatoms. The maximum atomic E-state index is 12.3. The Balaban J connectivity index is 1.57. The fourth-order valence-corrected chi connectivity index (χ4v) is 4.39. The highest BCUT2D eigenvalue weighted by Gasteiger charge is 2.41. The summed E-state index contributed by atoms with van der Waals surface area (Å²) in [6.45, 7) is 7.01. The first kappa shape index (κ1) is 19.7. The third kappa shape index (κ3) is 4.82. The fourth-order valence-electron chi connectivity index (χ4n) is 4.39. The monoisotopic (exact) mass is 370 g/mol. The molecule has 2 fully saturated rings. The molecule has 1 saturated carbocycles. The number of aliphatic imine (C=N–C) groups is 1. The second-order valence-electron chi connectivity index (χ2n) is 8.26. The molecule has 1 aliphatic heterocycles. The Morgan fingerprint density at radius 3 is 2.78 bits per heavy atom. The van der Waals surface area contributed by atoms with Gasteiger partial charge in [-0.1, -0.05) is 31.9 Å². The molecule has 1 heterocycles. The van der Waals surface area contributed by atoms with E-state index < -0.39 is 0 Å². The van der Waals surface area contributed by atoms with Crippen molar-refractivity contribution in [2.75, 3.05) is 20.1 Å². The van der Waals surface area contributed by atoms with E-state index in [9.17, 15) is 4.79 Å². The van der Waals surface area contributed by atoms with E-state index in [-0.39, 0.29) is 11.9 Å². The van der Waals surface area contributed by atoms with Gasteiger partial charge in [-0.2, -0.15) is 0 Å². The number of guanidine groups is 1. The molecule has 1 spiro atoms. The van der Waals surface area contributed by atoms with Gasteiger partial charge in [0.15, 0.2) is 5.96 Å². The van der Waals surface area contributed by atoms with Crippen molar-refractivity contribution in [3.05, 3.63) is 35.4 Å². The molecule has 1 aliphatic carbocycles. The third-order valence-corrected chi connectivity index (χ3v) is 6.24. The Morgan fingerprint density at radius 2 is 2.07 bits per heavy atom. The molecule has 1 saturated heterocycles. The van der Waals surface area contributed by atoms with Gasteiger partial charge in [0, 0.05) is 38.3 Å². The van der Waals surface area contributed by atoms with E-state index in [1.165, 1.54) is 32.1 Å². The van der Waals surface area contributed by atoms with Gasteiger partial charge >= 0.3 is 0 Å². The number of carbonyl (C=O) groups is 1. The Hall–Kier alpha value is -2.04. The van der Waals surface area contributed by atoms with Crippen LogP contribution in [0, 0.1) is 5.41 Å². The van der Waals surface area contributed by atoms with Crippen LogP contribution in [0.5, 0.6) is 0 Å². The Bertz CT molecular complexity index is 679. The zero-order chi connectivity index (χ0) is 19.3. The number of hydrogen-bond acceptors (Lipinski definition) is 2. The highest BCUT2D eigenvalue weighted by atomic mass is 16.1. The van der Waals surface area contributed by atoms with Crippen LogP contribution in [0.2, 0.25) is 0 Å². The molecule has 2 aliphatic rings. The Kier molecular flexibility index (Phi) is 6.40. The molecule has 0 bridgehead atoms. The lowest BCUT2D eigenvalue weighted by Crippen LogP contribution is -2.40. The van der Waals surface area contributed by atoms with Crippen molar-refractivity contribution in [1.82, 2.24) is 15.5 Å². The molecule has 5 nitrogen and oxygen atoms in total. The molecular weight excluding hydrogens is 336 g/mol. The minimum Gasteiger partial charge on any atom is -0.352 e. The molecular formula is C22H34N4O. The lowest BCUT2D eigenvalue weighted by molar-refractivity contribution is 0.0939. The van der Waals surface area contributed by atoms with Crippen molar-refractivity contribution in [1.29, 1.82) is 0 Å². The van der Waals surface area contributed by atoms with E-state index >= 15 is 0 Å². The molecule has 0 radical (unpaired) electrons. The summed E-state index contributed by atoms with van der Waals surface area (Å²) in [5, 5.41) is 6.53. The van der Waals surface area contributed by atoms with Gasteiger partial charge in [0.25, 0.3) is 5.91 Å². The topological polar surface area (TPSA) is 56.7 Å². The second-order valence-corrected chi connectivity index (χ2v) is 8.26. The van der Waals surface area contributed by atoms with Gasteiger partial charge < -0.3 is 15.5 Å². The highest BCUT2D eigenvalue weighted by molar-refractivity contribution is 5.94. The zero-order valence-corrected chi connectivity index (χ0v) is 17.1. The normalized spacial score (nSPS) is 20.1. The van der Waals surface area contributed by atoms with E-state index in [4.69, 9.17) is 0 Å². The second kappa shape index (κ2) is 8.77. The number of nitrogens with zero attached hydrogens (tertiary/aromatic N) is 2. The number of nitrogens with one attached hydrogen (secondary N) is 2. The van der Waals surface area contributed by atoms with Gasteiger partial charge in [-0.05, 0) is 55.7 Å².